The van der Waals surface area contributed by atoms with Gasteiger partial charge in [-0.3, -0.25) is 9.52 Å². The van der Waals surface area contributed by atoms with E-state index in [0.717, 1.165) is 10.2 Å². The summed E-state index contributed by atoms with van der Waals surface area (Å²) < 4.78 is 41.1. The number of sulfonamides is 1. The van der Waals surface area contributed by atoms with Crippen LogP contribution in [0.4, 0.5) is 5.69 Å². The van der Waals surface area contributed by atoms with Crippen molar-refractivity contribution < 1.29 is 22.7 Å². The monoisotopic (exact) mass is 501 g/mol. The fourth-order valence-electron chi connectivity index (χ4n) is 3.28. The van der Waals surface area contributed by atoms with Crippen molar-refractivity contribution in [1.29, 1.82) is 0 Å². The van der Waals surface area contributed by atoms with E-state index in [1.165, 1.54) is 59.9 Å². The minimum Gasteiger partial charge on any atom is -0.454 e. The molecule has 1 aliphatic heterocycles. The first-order chi connectivity index (χ1) is 15.8. The summed E-state index contributed by atoms with van der Waals surface area (Å²) in [7, 11) is -1.95. The third kappa shape index (κ3) is 4.20. The van der Waals surface area contributed by atoms with Gasteiger partial charge in [0.25, 0.3) is 15.9 Å². The second-order valence-corrected chi connectivity index (χ2v) is 10.3. The molecule has 4 aromatic rings. The minimum absolute atomic E-state index is 0.0843. The summed E-state index contributed by atoms with van der Waals surface area (Å²) in [5, 5.41) is 0.443. The van der Waals surface area contributed by atoms with Crippen LogP contribution in [0.25, 0.3) is 10.2 Å². The normalized spacial score (nSPS) is 13.5. The van der Waals surface area contributed by atoms with E-state index in [-0.39, 0.29) is 11.7 Å². The molecule has 33 heavy (non-hydrogen) atoms. The Morgan fingerprint density at radius 1 is 1.06 bits per heavy atom. The van der Waals surface area contributed by atoms with Gasteiger partial charge in [-0.1, -0.05) is 22.9 Å². The molecule has 0 aliphatic carbocycles. The number of hydrogen-bond acceptors (Lipinski definition) is 6. The highest BCUT2D eigenvalue weighted by Gasteiger charge is 2.17. The number of aryl methyl sites for hydroxylation is 1. The standard InChI is InChI=1S/C22H16ClN3O5S2/c1-26-17-10-18-19(31-12-30-18)11-20(17)32-22(26)24-21(27)13-2-6-15(7-3-13)25-33(28,29)16-8-4-14(23)5-9-16/h2-11,25H,12H2,1H3. The number of carbonyl (C=O) groups is 1. The molecule has 1 aliphatic rings. The number of aromatic nitrogens is 1. The zero-order chi connectivity index (χ0) is 23.2. The molecule has 0 bridgehead atoms. The van der Waals surface area contributed by atoms with Crippen LogP contribution in [0.1, 0.15) is 10.4 Å². The Morgan fingerprint density at radius 3 is 2.42 bits per heavy atom. The Hall–Kier alpha value is -3.34. The molecule has 1 N–H and O–H groups in total. The molecular formula is C22H16ClN3O5S2. The topological polar surface area (TPSA) is 99.0 Å². The lowest BCUT2D eigenvalue weighted by atomic mass is 10.2. The maximum absolute atomic E-state index is 12.7. The molecule has 3 aromatic carbocycles. The van der Waals surface area contributed by atoms with Crippen LogP contribution in [0, 0.1) is 0 Å². The number of anilines is 1. The number of halogens is 1. The Balaban J connectivity index is 1.38. The molecule has 1 aromatic heterocycles. The zero-order valence-corrected chi connectivity index (χ0v) is 19.5. The first kappa shape index (κ1) is 21.5. The van der Waals surface area contributed by atoms with Gasteiger partial charge in [0.2, 0.25) is 6.79 Å². The summed E-state index contributed by atoms with van der Waals surface area (Å²) in [5.41, 5.74) is 1.53. The van der Waals surface area contributed by atoms with E-state index in [9.17, 15) is 13.2 Å². The quantitative estimate of drug-likeness (QED) is 0.452. The van der Waals surface area contributed by atoms with Gasteiger partial charge < -0.3 is 14.0 Å². The van der Waals surface area contributed by atoms with Gasteiger partial charge >= 0.3 is 0 Å². The van der Waals surface area contributed by atoms with Crippen LogP contribution in [-0.2, 0) is 17.1 Å². The average molecular weight is 502 g/mol. The largest absolute Gasteiger partial charge is 0.454 e. The molecular weight excluding hydrogens is 486 g/mol. The molecule has 168 valence electrons. The lowest BCUT2D eigenvalue weighted by molar-refractivity contribution is 0.0998. The van der Waals surface area contributed by atoms with Crippen LogP contribution in [-0.4, -0.2) is 25.7 Å². The Kier molecular flexibility index (Phi) is 5.35. The van der Waals surface area contributed by atoms with E-state index < -0.39 is 15.9 Å². The summed E-state index contributed by atoms with van der Waals surface area (Å²) in [6.45, 7) is 0.192. The number of rotatable bonds is 4. The van der Waals surface area contributed by atoms with E-state index in [4.69, 9.17) is 21.1 Å². The minimum atomic E-state index is -3.78. The van der Waals surface area contributed by atoms with E-state index in [2.05, 4.69) is 9.71 Å². The highest BCUT2D eigenvalue weighted by molar-refractivity contribution is 7.92. The van der Waals surface area contributed by atoms with Crippen molar-refractivity contribution in [2.45, 2.75) is 4.90 Å². The van der Waals surface area contributed by atoms with Crippen molar-refractivity contribution in [3.05, 3.63) is 76.1 Å². The summed E-state index contributed by atoms with van der Waals surface area (Å²) in [5.74, 6) is 0.883. The smallest absolute Gasteiger partial charge is 0.279 e. The van der Waals surface area contributed by atoms with Crippen molar-refractivity contribution in [3.63, 3.8) is 0 Å². The maximum atomic E-state index is 12.7. The summed E-state index contributed by atoms with van der Waals surface area (Å²) >= 11 is 7.18. The molecule has 0 saturated carbocycles. The number of carbonyl (C=O) groups excluding carboxylic acids is 1. The Morgan fingerprint density at radius 2 is 1.73 bits per heavy atom. The van der Waals surface area contributed by atoms with Crippen LogP contribution in [0.5, 0.6) is 11.5 Å². The molecule has 1 amide bonds. The van der Waals surface area contributed by atoms with E-state index >= 15 is 0 Å². The third-order valence-electron chi connectivity index (χ3n) is 5.01. The van der Waals surface area contributed by atoms with Gasteiger partial charge in [0, 0.05) is 35.5 Å². The molecule has 0 spiro atoms. The average Bonchev–Trinajstić information content (AvgIpc) is 3.36. The first-order valence-corrected chi connectivity index (χ1v) is 12.3. The second-order valence-electron chi connectivity index (χ2n) is 7.17. The van der Waals surface area contributed by atoms with Gasteiger partial charge in [0.1, 0.15) is 0 Å². The Bertz CT molecular complexity index is 1560. The van der Waals surface area contributed by atoms with Gasteiger partial charge in [0.05, 0.1) is 15.1 Å². The van der Waals surface area contributed by atoms with Crippen molar-refractivity contribution in [3.8, 4) is 11.5 Å². The highest BCUT2D eigenvalue weighted by Crippen LogP contribution is 2.36. The number of benzene rings is 3. The van der Waals surface area contributed by atoms with Crippen LogP contribution in [0.3, 0.4) is 0 Å². The molecule has 2 heterocycles. The molecule has 0 radical (unpaired) electrons. The lowest BCUT2D eigenvalue weighted by Gasteiger charge is -2.08. The van der Waals surface area contributed by atoms with Crippen molar-refractivity contribution in [2.24, 2.45) is 12.0 Å². The van der Waals surface area contributed by atoms with Crippen LogP contribution >= 0.6 is 22.9 Å². The summed E-state index contributed by atoms with van der Waals surface area (Å²) in [6, 6.07) is 15.6. The predicted octanol–water partition coefficient (Wildman–Crippen LogP) is 4.16. The Labute approximate surface area is 197 Å². The molecule has 8 nitrogen and oxygen atoms in total. The summed E-state index contributed by atoms with van der Waals surface area (Å²) in [4.78, 5) is 17.6. The van der Waals surface area contributed by atoms with Gasteiger partial charge in [-0.15, -0.1) is 0 Å². The van der Waals surface area contributed by atoms with Gasteiger partial charge in [0.15, 0.2) is 16.3 Å². The highest BCUT2D eigenvalue weighted by atomic mass is 35.5. The van der Waals surface area contributed by atoms with Crippen LogP contribution < -0.4 is 19.0 Å². The third-order valence-corrected chi connectivity index (χ3v) is 7.75. The van der Waals surface area contributed by atoms with Crippen molar-refractivity contribution >= 4 is 54.8 Å². The number of nitrogens with zero attached hydrogens (tertiary/aromatic N) is 2. The SMILES string of the molecule is Cn1c(=NC(=O)c2ccc(NS(=O)(=O)c3ccc(Cl)cc3)cc2)sc2cc3c(cc21)OCO3. The van der Waals surface area contributed by atoms with Gasteiger partial charge in [-0.05, 0) is 48.5 Å². The predicted molar refractivity (Wildman–Crippen MR) is 126 cm³/mol. The van der Waals surface area contributed by atoms with Crippen molar-refractivity contribution in [1.82, 2.24) is 4.57 Å². The van der Waals surface area contributed by atoms with E-state index in [1.807, 2.05) is 23.7 Å². The zero-order valence-electron chi connectivity index (χ0n) is 17.1. The van der Waals surface area contributed by atoms with E-state index in [1.54, 1.807) is 0 Å². The number of thiazole rings is 1. The number of nitrogens with one attached hydrogen (secondary N) is 1. The fraction of sp³-hybridized carbons (Fsp3) is 0.0909. The second kappa shape index (κ2) is 8.22. The molecule has 0 fully saturated rings. The maximum Gasteiger partial charge on any atom is 0.279 e. The molecule has 0 saturated heterocycles. The number of hydrogen-bond donors (Lipinski definition) is 1. The first-order valence-electron chi connectivity index (χ1n) is 9.67. The van der Waals surface area contributed by atoms with Gasteiger partial charge in [-0.25, -0.2) is 8.42 Å². The van der Waals surface area contributed by atoms with Crippen molar-refractivity contribution in [2.75, 3.05) is 11.5 Å². The number of amides is 1. The molecule has 0 unspecified atom stereocenters. The lowest BCUT2D eigenvalue weighted by Crippen LogP contribution is -2.14. The molecule has 5 rings (SSSR count). The van der Waals surface area contributed by atoms with Crippen LogP contribution in [0.15, 0.2) is 70.6 Å². The molecule has 0 atom stereocenters. The van der Waals surface area contributed by atoms with Crippen LogP contribution in [0.2, 0.25) is 5.02 Å². The molecule has 11 heteroatoms. The number of fused-ring (bicyclic) bond motifs is 2. The van der Waals surface area contributed by atoms with E-state index in [0.29, 0.717) is 32.6 Å². The van der Waals surface area contributed by atoms with Gasteiger partial charge in [-0.2, -0.15) is 4.99 Å². The fourth-order valence-corrected chi connectivity index (χ4v) is 5.50. The number of ether oxygens (including phenoxy) is 2. The summed E-state index contributed by atoms with van der Waals surface area (Å²) in [6.07, 6.45) is 0.